The molecule has 1 aromatic carbocycles. The van der Waals surface area contributed by atoms with Crippen LogP contribution in [0.2, 0.25) is 0 Å². The standard InChI is InChI=1S/C14H15BrN2O2/c1-14(2,3)19-13(18)17-8-9-6-10(15)4-5-11(9)12(17)7-16/h4-6,12H,8H2,1-3H3. The number of nitrogens with zero attached hydrogens (tertiary/aromatic N) is 2. The van der Waals surface area contributed by atoms with Gasteiger partial charge in [-0.2, -0.15) is 5.26 Å². The fraction of sp³-hybridized carbons (Fsp3) is 0.429. The van der Waals surface area contributed by atoms with Crippen LogP contribution < -0.4 is 0 Å². The summed E-state index contributed by atoms with van der Waals surface area (Å²) in [7, 11) is 0. The Hall–Kier alpha value is -1.54. The number of rotatable bonds is 0. The number of fused-ring (bicyclic) bond motifs is 1. The summed E-state index contributed by atoms with van der Waals surface area (Å²) >= 11 is 3.39. The van der Waals surface area contributed by atoms with Crippen molar-refractivity contribution in [3.8, 4) is 6.07 Å². The molecule has 5 heteroatoms. The van der Waals surface area contributed by atoms with Gasteiger partial charge in [0.2, 0.25) is 0 Å². The molecule has 2 rings (SSSR count). The molecule has 0 saturated carbocycles. The fourth-order valence-electron chi connectivity index (χ4n) is 2.05. The van der Waals surface area contributed by atoms with Crippen LogP contribution >= 0.6 is 15.9 Å². The van der Waals surface area contributed by atoms with Crippen molar-refractivity contribution >= 4 is 22.0 Å². The van der Waals surface area contributed by atoms with Gasteiger partial charge in [0.1, 0.15) is 11.6 Å². The molecule has 0 fully saturated rings. The minimum Gasteiger partial charge on any atom is -0.444 e. The Morgan fingerprint density at radius 2 is 2.21 bits per heavy atom. The zero-order valence-electron chi connectivity index (χ0n) is 11.1. The quantitative estimate of drug-likeness (QED) is 0.730. The van der Waals surface area contributed by atoms with E-state index < -0.39 is 17.7 Å². The largest absolute Gasteiger partial charge is 0.444 e. The van der Waals surface area contributed by atoms with Crippen LogP contribution in [-0.4, -0.2) is 16.6 Å². The van der Waals surface area contributed by atoms with Crippen LogP contribution in [0.3, 0.4) is 0 Å². The van der Waals surface area contributed by atoms with Crippen LogP contribution in [0.15, 0.2) is 22.7 Å². The molecule has 0 radical (unpaired) electrons. The van der Waals surface area contributed by atoms with E-state index in [-0.39, 0.29) is 0 Å². The predicted octanol–water partition coefficient (Wildman–Crippen LogP) is 3.76. The molecular formula is C14H15BrN2O2. The Balaban J connectivity index is 2.27. The first kappa shape index (κ1) is 13.9. The van der Waals surface area contributed by atoms with Crippen molar-refractivity contribution in [1.82, 2.24) is 4.90 Å². The molecule has 0 saturated heterocycles. The van der Waals surface area contributed by atoms with E-state index in [1.165, 1.54) is 4.90 Å². The van der Waals surface area contributed by atoms with E-state index in [9.17, 15) is 10.1 Å². The van der Waals surface area contributed by atoms with Gasteiger partial charge in [0.25, 0.3) is 0 Å². The third-order valence-electron chi connectivity index (χ3n) is 2.80. The summed E-state index contributed by atoms with van der Waals surface area (Å²) in [6.45, 7) is 5.84. The smallest absolute Gasteiger partial charge is 0.411 e. The van der Waals surface area contributed by atoms with E-state index in [0.717, 1.165) is 15.6 Å². The highest BCUT2D eigenvalue weighted by molar-refractivity contribution is 9.10. The van der Waals surface area contributed by atoms with Crippen molar-refractivity contribution in [1.29, 1.82) is 5.26 Å². The van der Waals surface area contributed by atoms with Gasteiger partial charge in [-0.05, 0) is 44.0 Å². The van der Waals surface area contributed by atoms with Crippen molar-refractivity contribution in [2.24, 2.45) is 0 Å². The van der Waals surface area contributed by atoms with Crippen LogP contribution in [0, 0.1) is 11.3 Å². The molecule has 1 amide bonds. The predicted molar refractivity (Wildman–Crippen MR) is 74.3 cm³/mol. The molecule has 1 aromatic rings. The highest BCUT2D eigenvalue weighted by Crippen LogP contribution is 2.35. The molecule has 19 heavy (non-hydrogen) atoms. The van der Waals surface area contributed by atoms with E-state index in [1.54, 1.807) is 0 Å². The van der Waals surface area contributed by atoms with E-state index in [2.05, 4.69) is 22.0 Å². The lowest BCUT2D eigenvalue weighted by atomic mass is 10.1. The van der Waals surface area contributed by atoms with Crippen LogP contribution in [0.25, 0.3) is 0 Å². The fourth-order valence-corrected chi connectivity index (χ4v) is 2.46. The Kier molecular flexibility index (Phi) is 3.55. The van der Waals surface area contributed by atoms with Crippen LogP contribution in [0.5, 0.6) is 0 Å². The minimum absolute atomic E-state index is 0.405. The highest BCUT2D eigenvalue weighted by atomic mass is 79.9. The van der Waals surface area contributed by atoms with Gasteiger partial charge in [-0.15, -0.1) is 0 Å². The Bertz CT molecular complexity index is 558. The zero-order valence-corrected chi connectivity index (χ0v) is 12.7. The van der Waals surface area contributed by atoms with Gasteiger partial charge >= 0.3 is 6.09 Å². The topological polar surface area (TPSA) is 53.3 Å². The lowest BCUT2D eigenvalue weighted by Crippen LogP contribution is -2.35. The third-order valence-corrected chi connectivity index (χ3v) is 3.30. The molecule has 1 aliphatic heterocycles. The number of hydrogen-bond acceptors (Lipinski definition) is 3. The van der Waals surface area contributed by atoms with Crippen LogP contribution in [0.4, 0.5) is 4.79 Å². The summed E-state index contributed by atoms with van der Waals surface area (Å²) < 4.78 is 6.28. The summed E-state index contributed by atoms with van der Waals surface area (Å²) in [6.07, 6.45) is -0.452. The molecule has 1 aliphatic rings. The normalized spacial score (nSPS) is 17.8. The van der Waals surface area contributed by atoms with Crippen molar-refractivity contribution in [2.75, 3.05) is 0 Å². The Labute approximate surface area is 121 Å². The first-order valence-corrected chi connectivity index (χ1v) is 6.78. The van der Waals surface area contributed by atoms with Gasteiger partial charge in [-0.1, -0.05) is 22.0 Å². The second-order valence-electron chi connectivity index (χ2n) is 5.48. The van der Waals surface area contributed by atoms with Gasteiger partial charge in [0.15, 0.2) is 0 Å². The number of hydrogen-bond donors (Lipinski definition) is 0. The number of amides is 1. The SMILES string of the molecule is CC(C)(C)OC(=O)N1Cc2cc(Br)ccc2C1C#N. The Morgan fingerprint density at radius 1 is 1.53 bits per heavy atom. The average Bonchev–Trinajstić information content (AvgIpc) is 2.64. The highest BCUT2D eigenvalue weighted by Gasteiger charge is 2.36. The lowest BCUT2D eigenvalue weighted by molar-refractivity contribution is 0.0213. The third kappa shape index (κ3) is 2.90. The maximum Gasteiger partial charge on any atom is 0.411 e. The van der Waals surface area contributed by atoms with Gasteiger partial charge in [-0.3, -0.25) is 4.90 Å². The van der Waals surface area contributed by atoms with E-state index in [1.807, 2.05) is 39.0 Å². The second-order valence-corrected chi connectivity index (χ2v) is 6.40. The lowest BCUT2D eigenvalue weighted by Gasteiger charge is -2.26. The van der Waals surface area contributed by atoms with Crippen molar-refractivity contribution in [3.63, 3.8) is 0 Å². The van der Waals surface area contributed by atoms with Gasteiger partial charge in [-0.25, -0.2) is 4.79 Å². The monoisotopic (exact) mass is 322 g/mol. The molecule has 0 spiro atoms. The van der Waals surface area contributed by atoms with Gasteiger partial charge in [0.05, 0.1) is 12.6 Å². The van der Waals surface area contributed by atoms with E-state index in [0.29, 0.717) is 6.54 Å². The first-order valence-electron chi connectivity index (χ1n) is 5.99. The average molecular weight is 323 g/mol. The summed E-state index contributed by atoms with van der Waals surface area (Å²) in [5, 5.41) is 9.29. The summed E-state index contributed by atoms with van der Waals surface area (Å²) in [6, 6.07) is 7.28. The molecule has 1 heterocycles. The molecule has 0 N–H and O–H groups in total. The van der Waals surface area contributed by atoms with Gasteiger partial charge < -0.3 is 4.74 Å². The van der Waals surface area contributed by atoms with Crippen LogP contribution in [0.1, 0.15) is 37.9 Å². The molecule has 1 unspecified atom stereocenters. The molecular weight excluding hydrogens is 308 g/mol. The molecule has 4 nitrogen and oxygen atoms in total. The molecule has 100 valence electrons. The summed E-state index contributed by atoms with van der Waals surface area (Å²) in [4.78, 5) is 13.6. The van der Waals surface area contributed by atoms with E-state index >= 15 is 0 Å². The van der Waals surface area contributed by atoms with Crippen molar-refractivity contribution in [3.05, 3.63) is 33.8 Å². The number of carbonyl (C=O) groups excluding carboxylic acids is 1. The molecule has 0 bridgehead atoms. The maximum atomic E-state index is 12.1. The maximum absolute atomic E-state index is 12.1. The number of benzene rings is 1. The van der Waals surface area contributed by atoms with Crippen molar-refractivity contribution in [2.45, 2.75) is 39.0 Å². The molecule has 0 aromatic heterocycles. The molecule has 1 atom stereocenters. The summed E-state index contributed by atoms with van der Waals surface area (Å²) in [5.41, 5.74) is 1.29. The number of nitriles is 1. The minimum atomic E-state index is -0.571. The zero-order chi connectivity index (χ0) is 14.2. The van der Waals surface area contributed by atoms with E-state index in [4.69, 9.17) is 4.74 Å². The number of ether oxygens (including phenoxy) is 1. The van der Waals surface area contributed by atoms with Gasteiger partial charge in [0, 0.05) is 4.47 Å². The van der Waals surface area contributed by atoms with Crippen molar-refractivity contribution < 1.29 is 9.53 Å². The number of carbonyl (C=O) groups is 1. The first-order chi connectivity index (χ1) is 8.81. The Morgan fingerprint density at radius 3 is 2.79 bits per heavy atom. The molecule has 0 aliphatic carbocycles. The van der Waals surface area contributed by atoms with Crippen LogP contribution in [-0.2, 0) is 11.3 Å². The number of halogens is 1. The summed E-state index contributed by atoms with van der Waals surface area (Å²) in [5.74, 6) is 0. The second kappa shape index (κ2) is 4.86.